The summed E-state index contributed by atoms with van der Waals surface area (Å²) >= 11 is 0. The van der Waals surface area contributed by atoms with Crippen molar-refractivity contribution in [2.24, 2.45) is 0 Å². The van der Waals surface area contributed by atoms with Crippen molar-refractivity contribution in [2.45, 2.75) is 18.9 Å². The summed E-state index contributed by atoms with van der Waals surface area (Å²) in [5.74, 6) is -0.311. The van der Waals surface area contributed by atoms with Gasteiger partial charge in [0.1, 0.15) is 6.29 Å². The van der Waals surface area contributed by atoms with Gasteiger partial charge >= 0.3 is 6.01 Å². The maximum Gasteiger partial charge on any atom is 0.316 e. The molecule has 1 N–H and O–H groups in total. The summed E-state index contributed by atoms with van der Waals surface area (Å²) in [7, 11) is 0. The van der Waals surface area contributed by atoms with Gasteiger partial charge in [-0.15, -0.1) is 0 Å². The molecular formula is C18H17N3O3. The minimum atomic E-state index is -0.563. The van der Waals surface area contributed by atoms with E-state index in [9.17, 15) is 9.59 Å². The molecule has 0 fully saturated rings. The minimum absolute atomic E-state index is 0.277. The number of fused-ring (bicyclic) bond motifs is 4. The Hall–Kier alpha value is -3.02. The number of carbonyl (C=O) groups excluding carboxylic acids is 2. The molecule has 1 aromatic heterocycles. The van der Waals surface area contributed by atoms with Gasteiger partial charge in [0.15, 0.2) is 0 Å². The van der Waals surface area contributed by atoms with Gasteiger partial charge in [-0.25, -0.2) is 4.98 Å². The Balaban J connectivity index is 2.03. The molecule has 1 aromatic carbocycles. The van der Waals surface area contributed by atoms with E-state index in [-0.39, 0.29) is 11.9 Å². The third kappa shape index (κ3) is 3.65. The number of aldehydes is 1. The molecule has 0 saturated carbocycles. The van der Waals surface area contributed by atoms with Crippen LogP contribution in [0.3, 0.4) is 0 Å². The smallest absolute Gasteiger partial charge is 0.316 e. The normalized spacial score (nSPS) is 17.8. The first kappa shape index (κ1) is 15.9. The van der Waals surface area contributed by atoms with Crippen molar-refractivity contribution in [1.82, 2.24) is 15.3 Å². The summed E-state index contributed by atoms with van der Waals surface area (Å²) < 4.78 is 5.54. The first-order chi connectivity index (χ1) is 11.8. The number of benzene rings is 1. The Labute approximate surface area is 139 Å². The number of aromatic nitrogens is 2. The summed E-state index contributed by atoms with van der Waals surface area (Å²) in [6.07, 6.45) is 7.23. The van der Waals surface area contributed by atoms with Crippen LogP contribution in [-0.2, 0) is 4.79 Å². The largest absolute Gasteiger partial charge is 0.463 e. The van der Waals surface area contributed by atoms with Crippen LogP contribution in [0.25, 0.3) is 11.3 Å². The summed E-state index contributed by atoms with van der Waals surface area (Å²) in [5, 5.41) is 2.75. The van der Waals surface area contributed by atoms with E-state index < -0.39 is 6.04 Å². The third-order valence-corrected chi connectivity index (χ3v) is 3.63. The molecule has 3 rings (SSSR count). The molecule has 0 saturated heterocycles. The quantitative estimate of drug-likeness (QED) is 0.642. The van der Waals surface area contributed by atoms with Gasteiger partial charge in [-0.05, 0) is 25.0 Å². The molecular weight excluding hydrogens is 306 g/mol. The fourth-order valence-electron chi connectivity index (χ4n) is 2.44. The molecule has 6 nitrogen and oxygen atoms in total. The van der Waals surface area contributed by atoms with Crippen LogP contribution in [0.1, 0.15) is 23.2 Å². The van der Waals surface area contributed by atoms with Crippen LogP contribution in [0, 0.1) is 0 Å². The topological polar surface area (TPSA) is 81.2 Å². The second-order valence-corrected chi connectivity index (χ2v) is 5.33. The minimum Gasteiger partial charge on any atom is -0.463 e. The number of carbonyl (C=O) groups is 2. The lowest BCUT2D eigenvalue weighted by molar-refractivity contribution is -0.109. The first-order valence-electron chi connectivity index (χ1n) is 7.74. The number of hydrogen-bond acceptors (Lipinski definition) is 5. The monoisotopic (exact) mass is 323 g/mol. The second kappa shape index (κ2) is 7.50. The van der Waals surface area contributed by atoms with E-state index in [1.54, 1.807) is 24.4 Å². The predicted molar refractivity (Wildman–Crippen MR) is 88.7 cm³/mol. The lowest BCUT2D eigenvalue weighted by Crippen LogP contribution is -2.35. The zero-order valence-electron chi connectivity index (χ0n) is 13.0. The van der Waals surface area contributed by atoms with Crippen molar-refractivity contribution in [3.05, 3.63) is 54.2 Å². The molecule has 2 aromatic rings. The van der Waals surface area contributed by atoms with Crippen LogP contribution in [0.4, 0.5) is 0 Å². The Kier molecular flexibility index (Phi) is 4.96. The Bertz CT molecular complexity index is 774. The molecule has 122 valence electrons. The zero-order valence-corrected chi connectivity index (χ0v) is 13.0. The molecule has 0 radical (unpaired) electrons. The third-order valence-electron chi connectivity index (χ3n) is 3.63. The van der Waals surface area contributed by atoms with Gasteiger partial charge < -0.3 is 14.8 Å². The average Bonchev–Trinajstić information content (AvgIpc) is 2.63. The number of ether oxygens (including phenoxy) is 1. The number of rotatable bonds is 1. The Morgan fingerprint density at radius 1 is 1.17 bits per heavy atom. The van der Waals surface area contributed by atoms with Gasteiger partial charge in [0, 0.05) is 17.3 Å². The van der Waals surface area contributed by atoms with Crippen LogP contribution < -0.4 is 10.1 Å². The van der Waals surface area contributed by atoms with Crippen molar-refractivity contribution in [2.75, 3.05) is 6.61 Å². The van der Waals surface area contributed by atoms with Gasteiger partial charge in [0.25, 0.3) is 5.91 Å². The van der Waals surface area contributed by atoms with Crippen LogP contribution in [0.15, 0.2) is 48.7 Å². The predicted octanol–water partition coefficient (Wildman–Crippen LogP) is 2.17. The molecule has 24 heavy (non-hydrogen) atoms. The standard InChI is InChI=1S/C18H17N3O3/c22-12-13-6-2-1-5-11-24-18-19-10-9-16(21-18)14-7-3-4-8-15(14)17(23)20-13/h1-4,7-10,12-13H,5-6,11H2,(H,20,23)/t13-/m0/s1. The molecule has 1 aliphatic heterocycles. The van der Waals surface area contributed by atoms with Crippen molar-refractivity contribution in [3.8, 4) is 17.3 Å². The maximum absolute atomic E-state index is 12.6. The van der Waals surface area contributed by atoms with Gasteiger partial charge in [0.05, 0.1) is 18.3 Å². The lowest BCUT2D eigenvalue weighted by Gasteiger charge is -2.14. The summed E-state index contributed by atoms with van der Waals surface area (Å²) in [5.41, 5.74) is 1.72. The maximum atomic E-state index is 12.6. The lowest BCUT2D eigenvalue weighted by atomic mass is 10.0. The summed E-state index contributed by atoms with van der Waals surface area (Å²) in [6.45, 7) is 0.444. The van der Waals surface area contributed by atoms with Crippen LogP contribution >= 0.6 is 0 Å². The number of hydrogen-bond donors (Lipinski definition) is 1. The molecule has 6 heteroatoms. The van der Waals surface area contributed by atoms with Crippen LogP contribution in [-0.4, -0.2) is 34.8 Å². The zero-order chi connectivity index (χ0) is 16.8. The van der Waals surface area contributed by atoms with Gasteiger partial charge in [-0.2, -0.15) is 4.98 Å². The highest BCUT2D eigenvalue weighted by atomic mass is 16.5. The molecule has 2 heterocycles. The van der Waals surface area contributed by atoms with Gasteiger partial charge in [0.2, 0.25) is 0 Å². The van der Waals surface area contributed by atoms with Crippen molar-refractivity contribution in [1.29, 1.82) is 0 Å². The van der Waals surface area contributed by atoms with E-state index in [0.717, 1.165) is 6.29 Å². The molecule has 2 bridgehead atoms. The number of nitrogens with one attached hydrogen (secondary N) is 1. The molecule has 1 aliphatic rings. The highest BCUT2D eigenvalue weighted by molar-refractivity contribution is 6.01. The van der Waals surface area contributed by atoms with Crippen molar-refractivity contribution >= 4 is 12.2 Å². The second-order valence-electron chi connectivity index (χ2n) is 5.33. The Morgan fingerprint density at radius 3 is 2.83 bits per heavy atom. The molecule has 0 unspecified atom stereocenters. The molecule has 0 aliphatic carbocycles. The summed E-state index contributed by atoms with van der Waals surface area (Å²) in [4.78, 5) is 32.2. The van der Waals surface area contributed by atoms with Crippen molar-refractivity contribution in [3.63, 3.8) is 0 Å². The fraction of sp³-hybridized carbons (Fsp3) is 0.222. The van der Waals surface area contributed by atoms with Gasteiger partial charge in [-0.1, -0.05) is 30.4 Å². The van der Waals surface area contributed by atoms with Crippen LogP contribution in [0.2, 0.25) is 0 Å². The number of nitrogens with zero attached hydrogens (tertiary/aromatic N) is 2. The van der Waals surface area contributed by atoms with E-state index in [2.05, 4.69) is 15.3 Å². The van der Waals surface area contributed by atoms with E-state index >= 15 is 0 Å². The SMILES string of the molecule is O=C[C@@H]1CC=CCCOc2nccc(n2)-c2ccccc2C(=O)N1. The fourth-order valence-corrected chi connectivity index (χ4v) is 2.44. The first-order valence-corrected chi connectivity index (χ1v) is 7.74. The number of amides is 1. The van der Waals surface area contributed by atoms with E-state index in [1.165, 1.54) is 0 Å². The highest BCUT2D eigenvalue weighted by Gasteiger charge is 2.17. The van der Waals surface area contributed by atoms with E-state index in [0.29, 0.717) is 36.3 Å². The highest BCUT2D eigenvalue weighted by Crippen LogP contribution is 2.23. The molecule has 0 spiro atoms. The van der Waals surface area contributed by atoms with Gasteiger partial charge in [-0.3, -0.25) is 4.79 Å². The van der Waals surface area contributed by atoms with Crippen molar-refractivity contribution < 1.29 is 14.3 Å². The van der Waals surface area contributed by atoms with Crippen LogP contribution in [0.5, 0.6) is 6.01 Å². The summed E-state index contributed by atoms with van der Waals surface area (Å²) in [6, 6.07) is 8.56. The molecule has 1 atom stereocenters. The van der Waals surface area contributed by atoms with E-state index in [1.807, 2.05) is 24.3 Å². The molecule has 1 amide bonds. The Morgan fingerprint density at radius 2 is 2.00 bits per heavy atom. The van der Waals surface area contributed by atoms with E-state index in [4.69, 9.17) is 4.74 Å². The average molecular weight is 323 g/mol.